The summed E-state index contributed by atoms with van der Waals surface area (Å²) in [7, 11) is 1.55. The van der Waals surface area contributed by atoms with Crippen molar-refractivity contribution in [2.75, 3.05) is 20.3 Å². The Morgan fingerprint density at radius 1 is 1.53 bits per heavy atom. The minimum absolute atomic E-state index is 0.0885. The van der Waals surface area contributed by atoms with Crippen LogP contribution in [0, 0.1) is 6.92 Å². The van der Waals surface area contributed by atoms with Gasteiger partial charge in [-0.3, -0.25) is 9.59 Å². The van der Waals surface area contributed by atoms with Crippen LogP contribution in [0.2, 0.25) is 0 Å². The van der Waals surface area contributed by atoms with E-state index in [1.807, 2.05) is 6.92 Å². The molecule has 0 radical (unpaired) electrons. The zero-order valence-electron chi connectivity index (χ0n) is 11.3. The number of thiazole rings is 1. The lowest BCUT2D eigenvalue weighted by Crippen LogP contribution is -2.38. The second-order valence-electron chi connectivity index (χ2n) is 4.12. The normalized spacial score (nSPS) is 11.9. The molecule has 1 heterocycles. The van der Waals surface area contributed by atoms with Gasteiger partial charge in [-0.25, -0.2) is 4.98 Å². The second kappa shape index (κ2) is 7.85. The van der Waals surface area contributed by atoms with Crippen LogP contribution in [-0.4, -0.2) is 43.2 Å². The molecule has 1 aromatic heterocycles. The van der Waals surface area contributed by atoms with Crippen molar-refractivity contribution in [3.05, 3.63) is 16.1 Å². The summed E-state index contributed by atoms with van der Waals surface area (Å²) in [6.45, 7) is 3.80. The molecule has 0 fully saturated rings. The largest absolute Gasteiger partial charge is 0.455 e. The average Bonchev–Trinajstić information content (AvgIpc) is 2.72. The van der Waals surface area contributed by atoms with Gasteiger partial charge in [-0.1, -0.05) is 0 Å². The molecule has 0 spiro atoms. The van der Waals surface area contributed by atoms with Crippen LogP contribution >= 0.6 is 11.3 Å². The molecular formula is C12H18N2O4S. The molecule has 7 heteroatoms. The van der Waals surface area contributed by atoms with Crippen molar-refractivity contribution in [3.63, 3.8) is 0 Å². The maximum absolute atomic E-state index is 11.5. The molecule has 0 bridgehead atoms. The Morgan fingerprint density at radius 2 is 2.26 bits per heavy atom. The van der Waals surface area contributed by atoms with E-state index in [9.17, 15) is 9.59 Å². The lowest BCUT2D eigenvalue weighted by molar-refractivity contribution is -0.148. The number of carbonyl (C=O) groups excluding carboxylic acids is 2. The Morgan fingerprint density at radius 3 is 2.84 bits per heavy atom. The first-order valence-corrected chi connectivity index (χ1v) is 6.74. The number of amides is 1. The fourth-order valence-corrected chi connectivity index (χ4v) is 2.06. The van der Waals surface area contributed by atoms with Crippen LogP contribution in [0.4, 0.5) is 0 Å². The molecule has 1 atom stereocenters. The highest BCUT2D eigenvalue weighted by Gasteiger charge is 2.12. The summed E-state index contributed by atoms with van der Waals surface area (Å²) >= 11 is 1.47. The number of methoxy groups -OCH3 is 1. The van der Waals surface area contributed by atoms with E-state index >= 15 is 0 Å². The molecule has 0 saturated carbocycles. The van der Waals surface area contributed by atoms with E-state index in [2.05, 4.69) is 10.3 Å². The summed E-state index contributed by atoms with van der Waals surface area (Å²) in [5, 5.41) is 5.35. The van der Waals surface area contributed by atoms with Gasteiger partial charge in [0.25, 0.3) is 5.91 Å². The number of esters is 1. The zero-order valence-corrected chi connectivity index (χ0v) is 12.1. The van der Waals surface area contributed by atoms with E-state index in [0.29, 0.717) is 12.3 Å². The molecule has 0 saturated heterocycles. The molecule has 1 N–H and O–H groups in total. The number of nitrogens with one attached hydrogen (secondary N) is 1. The van der Waals surface area contributed by atoms with Gasteiger partial charge in [0.15, 0.2) is 6.61 Å². The first kappa shape index (κ1) is 15.6. The summed E-state index contributed by atoms with van der Waals surface area (Å²) in [6.07, 6.45) is 0.0885. The second-order valence-corrected chi connectivity index (χ2v) is 5.18. The zero-order chi connectivity index (χ0) is 14.3. The number of aryl methyl sites for hydroxylation is 1. The van der Waals surface area contributed by atoms with Crippen LogP contribution < -0.4 is 5.32 Å². The van der Waals surface area contributed by atoms with Crippen molar-refractivity contribution >= 4 is 23.2 Å². The minimum Gasteiger partial charge on any atom is -0.455 e. The first-order valence-electron chi connectivity index (χ1n) is 5.86. The molecule has 1 unspecified atom stereocenters. The molecule has 0 aliphatic heterocycles. The summed E-state index contributed by atoms with van der Waals surface area (Å²) in [6, 6.07) is -0.114. The highest BCUT2D eigenvalue weighted by atomic mass is 32.1. The standard InChI is InChI=1S/C12H18N2O4S/c1-8(5-17-3)13-11(15)6-18-12(16)4-10-7-19-9(2)14-10/h7-8H,4-6H2,1-3H3,(H,13,15). The maximum atomic E-state index is 11.5. The number of rotatable bonds is 7. The molecule has 6 nitrogen and oxygen atoms in total. The Hall–Kier alpha value is -1.47. The highest BCUT2D eigenvalue weighted by Crippen LogP contribution is 2.08. The van der Waals surface area contributed by atoms with Gasteiger partial charge in [0.2, 0.25) is 0 Å². The third-order valence-electron chi connectivity index (χ3n) is 2.18. The predicted octanol–water partition coefficient (Wildman–Crippen LogP) is 0.688. The van der Waals surface area contributed by atoms with Crippen LogP contribution in [-0.2, 0) is 25.5 Å². The summed E-state index contributed by atoms with van der Waals surface area (Å²) in [4.78, 5) is 27.1. The maximum Gasteiger partial charge on any atom is 0.312 e. The van der Waals surface area contributed by atoms with Crippen molar-refractivity contribution in [1.29, 1.82) is 0 Å². The van der Waals surface area contributed by atoms with Crippen molar-refractivity contribution in [2.24, 2.45) is 0 Å². The van der Waals surface area contributed by atoms with Gasteiger partial charge < -0.3 is 14.8 Å². The predicted molar refractivity (Wildman–Crippen MR) is 71.0 cm³/mol. The molecule has 1 rings (SSSR count). The number of hydrogen-bond donors (Lipinski definition) is 1. The lowest BCUT2D eigenvalue weighted by Gasteiger charge is -2.12. The van der Waals surface area contributed by atoms with Crippen molar-refractivity contribution < 1.29 is 19.1 Å². The van der Waals surface area contributed by atoms with Gasteiger partial charge in [0.1, 0.15) is 0 Å². The monoisotopic (exact) mass is 286 g/mol. The molecule has 1 aromatic rings. The third kappa shape index (κ3) is 6.30. The highest BCUT2D eigenvalue weighted by molar-refractivity contribution is 7.09. The number of hydrogen-bond acceptors (Lipinski definition) is 6. The molecule has 106 valence electrons. The summed E-state index contributed by atoms with van der Waals surface area (Å²) in [5.74, 6) is -0.799. The Labute approximate surface area is 116 Å². The third-order valence-corrected chi connectivity index (χ3v) is 3.00. The minimum atomic E-state index is -0.458. The molecule has 1 amide bonds. The fourth-order valence-electron chi connectivity index (χ4n) is 1.44. The van der Waals surface area contributed by atoms with Gasteiger partial charge in [-0.2, -0.15) is 0 Å². The van der Waals surface area contributed by atoms with Crippen LogP contribution in [0.15, 0.2) is 5.38 Å². The van der Waals surface area contributed by atoms with Gasteiger partial charge >= 0.3 is 5.97 Å². The van der Waals surface area contributed by atoms with E-state index in [1.54, 1.807) is 19.4 Å². The number of aromatic nitrogens is 1. The topological polar surface area (TPSA) is 77.5 Å². The van der Waals surface area contributed by atoms with Gasteiger partial charge in [-0.15, -0.1) is 11.3 Å². The summed E-state index contributed by atoms with van der Waals surface area (Å²) in [5.41, 5.74) is 0.667. The van der Waals surface area contributed by atoms with Crippen LogP contribution in [0.5, 0.6) is 0 Å². The van der Waals surface area contributed by atoms with Crippen molar-refractivity contribution in [1.82, 2.24) is 10.3 Å². The molecule has 0 aliphatic rings. The number of ether oxygens (including phenoxy) is 2. The van der Waals surface area contributed by atoms with Crippen LogP contribution in [0.3, 0.4) is 0 Å². The van der Waals surface area contributed by atoms with Crippen LogP contribution in [0.25, 0.3) is 0 Å². The van der Waals surface area contributed by atoms with Crippen molar-refractivity contribution in [3.8, 4) is 0 Å². The fraction of sp³-hybridized carbons (Fsp3) is 0.583. The Kier molecular flexibility index (Phi) is 6.44. The van der Waals surface area contributed by atoms with Crippen LogP contribution in [0.1, 0.15) is 17.6 Å². The van der Waals surface area contributed by atoms with E-state index in [-0.39, 0.29) is 25.0 Å². The summed E-state index contributed by atoms with van der Waals surface area (Å²) < 4.78 is 9.75. The van der Waals surface area contributed by atoms with Gasteiger partial charge in [0.05, 0.1) is 23.7 Å². The molecular weight excluding hydrogens is 268 g/mol. The SMILES string of the molecule is COCC(C)NC(=O)COC(=O)Cc1csc(C)n1. The number of carbonyl (C=O) groups is 2. The molecule has 0 aliphatic carbocycles. The first-order chi connectivity index (χ1) is 9.01. The smallest absolute Gasteiger partial charge is 0.312 e. The van der Waals surface area contributed by atoms with Gasteiger partial charge in [0, 0.05) is 18.5 Å². The molecule has 0 aromatic carbocycles. The Balaban J connectivity index is 2.24. The van der Waals surface area contributed by atoms with E-state index in [4.69, 9.17) is 9.47 Å². The van der Waals surface area contributed by atoms with E-state index in [1.165, 1.54) is 11.3 Å². The average molecular weight is 286 g/mol. The van der Waals surface area contributed by atoms with Crippen molar-refractivity contribution in [2.45, 2.75) is 26.3 Å². The van der Waals surface area contributed by atoms with E-state index in [0.717, 1.165) is 5.01 Å². The lowest BCUT2D eigenvalue weighted by atomic mass is 10.3. The van der Waals surface area contributed by atoms with E-state index < -0.39 is 5.97 Å². The number of nitrogens with zero attached hydrogens (tertiary/aromatic N) is 1. The molecule has 19 heavy (non-hydrogen) atoms. The quantitative estimate of drug-likeness (QED) is 0.746. The van der Waals surface area contributed by atoms with Gasteiger partial charge in [-0.05, 0) is 13.8 Å². The Bertz CT molecular complexity index is 433.